The van der Waals surface area contributed by atoms with E-state index in [4.69, 9.17) is 0 Å². The Labute approximate surface area is 258 Å². The summed E-state index contributed by atoms with van der Waals surface area (Å²) in [5.41, 5.74) is -1.85. The number of pyridine rings is 1. The number of nitrogens with one attached hydrogen (secondary N) is 3. The lowest BCUT2D eigenvalue weighted by Crippen LogP contribution is -2.50. The minimum Gasteiger partial charge on any atom is -0.390 e. The molecule has 45 heavy (non-hydrogen) atoms. The number of aromatic amines is 1. The monoisotopic (exact) mass is 630 g/mol. The highest BCUT2D eigenvalue weighted by atomic mass is 19.4. The van der Waals surface area contributed by atoms with E-state index < -0.39 is 46.7 Å². The number of nitrogens with zero attached hydrogens (tertiary/aromatic N) is 1. The number of carbonyl (C=O) groups is 2. The molecular formula is C33H38F4N4O4. The maximum Gasteiger partial charge on any atom is 0.416 e. The maximum absolute atomic E-state index is 14.1. The fourth-order valence-corrected chi connectivity index (χ4v) is 5.39. The predicted octanol–water partition coefficient (Wildman–Crippen LogP) is 4.78. The highest BCUT2D eigenvalue weighted by Gasteiger charge is 2.46. The Balaban J connectivity index is 1.54. The molecule has 0 unspecified atom stereocenters. The second kappa shape index (κ2) is 14.4. The van der Waals surface area contributed by atoms with Gasteiger partial charge >= 0.3 is 6.18 Å². The molecule has 2 atom stereocenters. The van der Waals surface area contributed by atoms with E-state index in [0.29, 0.717) is 32.0 Å². The average Bonchev–Trinajstić information content (AvgIpc) is 3.80. The summed E-state index contributed by atoms with van der Waals surface area (Å²) in [6, 6.07) is 13.0. The average molecular weight is 631 g/mol. The quantitative estimate of drug-likeness (QED) is 0.192. The van der Waals surface area contributed by atoms with Crippen molar-refractivity contribution in [2.45, 2.75) is 69.8 Å². The Morgan fingerprint density at radius 1 is 1.02 bits per heavy atom. The van der Waals surface area contributed by atoms with Gasteiger partial charge in [0.1, 0.15) is 11.5 Å². The van der Waals surface area contributed by atoms with Gasteiger partial charge < -0.3 is 25.6 Å². The molecule has 2 amide bonds. The van der Waals surface area contributed by atoms with Gasteiger partial charge in [0.15, 0.2) is 0 Å². The van der Waals surface area contributed by atoms with Gasteiger partial charge in [-0.25, -0.2) is 4.39 Å². The predicted molar refractivity (Wildman–Crippen MR) is 161 cm³/mol. The summed E-state index contributed by atoms with van der Waals surface area (Å²) >= 11 is 0. The van der Waals surface area contributed by atoms with E-state index in [0.717, 1.165) is 36.6 Å². The van der Waals surface area contributed by atoms with Crippen molar-refractivity contribution in [1.29, 1.82) is 0 Å². The van der Waals surface area contributed by atoms with Crippen LogP contribution in [0.25, 0.3) is 0 Å². The smallest absolute Gasteiger partial charge is 0.390 e. The van der Waals surface area contributed by atoms with Crippen molar-refractivity contribution in [3.63, 3.8) is 0 Å². The van der Waals surface area contributed by atoms with E-state index in [-0.39, 0.29) is 35.7 Å². The first-order valence-corrected chi connectivity index (χ1v) is 15.0. The second-order valence-corrected chi connectivity index (χ2v) is 11.5. The molecule has 1 aliphatic rings. The zero-order valence-electron chi connectivity index (χ0n) is 25.2. The highest BCUT2D eigenvalue weighted by molar-refractivity contribution is 5.98. The molecule has 1 saturated carbocycles. The SMILES string of the molecule is CCCN(CCC)C(=O)c1cc(C(=O)N[C@@H](Cc2ccccc2)[C@H](O)CNC2(c3cc(F)cc(C(F)(F)F)c3)CC2)[nH]c(=O)c1. The zero-order chi connectivity index (χ0) is 32.8. The molecular weight excluding hydrogens is 592 g/mol. The number of rotatable bonds is 14. The standard InChI is InChI=1S/C33H38F4N4O4/c1-3-12-41(13-4-2)31(45)22-15-27(39-29(43)16-22)30(44)40-26(14-21-8-6-5-7-9-21)28(42)20-38-32(10-11-32)23-17-24(33(35,36)37)19-25(34)18-23/h5-9,15-19,26,28,38,42H,3-4,10-14,20H2,1-2H3,(H,39,43)(H,40,44)/t26-,28+/m0/s1. The van der Waals surface area contributed by atoms with Crippen LogP contribution in [-0.4, -0.2) is 58.6 Å². The van der Waals surface area contributed by atoms with Crippen molar-refractivity contribution in [1.82, 2.24) is 20.5 Å². The Morgan fingerprint density at radius 2 is 1.69 bits per heavy atom. The first-order chi connectivity index (χ1) is 21.3. The van der Waals surface area contributed by atoms with E-state index in [2.05, 4.69) is 15.6 Å². The van der Waals surface area contributed by atoms with Gasteiger partial charge in [-0.3, -0.25) is 14.4 Å². The van der Waals surface area contributed by atoms with Gasteiger partial charge in [-0.1, -0.05) is 44.2 Å². The van der Waals surface area contributed by atoms with Gasteiger partial charge in [0.2, 0.25) is 5.56 Å². The third-order valence-electron chi connectivity index (χ3n) is 7.87. The Morgan fingerprint density at radius 3 is 2.29 bits per heavy atom. The molecule has 12 heteroatoms. The minimum absolute atomic E-state index is 0.0663. The fraction of sp³-hybridized carbons (Fsp3) is 0.424. The topological polar surface area (TPSA) is 115 Å². The molecule has 3 aromatic rings. The number of halogens is 4. The van der Waals surface area contributed by atoms with E-state index >= 15 is 0 Å². The van der Waals surface area contributed by atoms with Gasteiger partial charge in [0.05, 0.1) is 17.7 Å². The van der Waals surface area contributed by atoms with Crippen LogP contribution >= 0.6 is 0 Å². The number of carbonyl (C=O) groups excluding carboxylic acids is 2. The first kappa shape index (κ1) is 33.9. The van der Waals surface area contributed by atoms with Crippen molar-refractivity contribution in [3.05, 3.63) is 105 Å². The summed E-state index contributed by atoms with van der Waals surface area (Å²) in [6.07, 6.45) is -3.45. The van der Waals surface area contributed by atoms with Crippen LogP contribution in [0, 0.1) is 5.82 Å². The summed E-state index contributed by atoms with van der Waals surface area (Å²) in [6.45, 7) is 4.72. The molecule has 1 aromatic heterocycles. The van der Waals surface area contributed by atoms with E-state index in [1.165, 1.54) is 6.07 Å². The van der Waals surface area contributed by atoms with Gasteiger partial charge in [-0.2, -0.15) is 13.2 Å². The third-order valence-corrected chi connectivity index (χ3v) is 7.87. The van der Waals surface area contributed by atoms with E-state index in [9.17, 15) is 37.1 Å². The number of aliphatic hydroxyl groups is 1. The number of benzene rings is 2. The lowest BCUT2D eigenvalue weighted by atomic mass is 9.98. The van der Waals surface area contributed by atoms with Gasteiger partial charge in [0, 0.05) is 36.8 Å². The Hall–Kier alpha value is -4.03. The van der Waals surface area contributed by atoms with Crippen molar-refractivity contribution in [2.24, 2.45) is 0 Å². The summed E-state index contributed by atoms with van der Waals surface area (Å²) in [5.74, 6) is -2.10. The molecule has 0 bridgehead atoms. The lowest BCUT2D eigenvalue weighted by molar-refractivity contribution is -0.137. The van der Waals surface area contributed by atoms with Crippen molar-refractivity contribution < 1.29 is 32.3 Å². The lowest BCUT2D eigenvalue weighted by Gasteiger charge is -2.27. The fourth-order valence-electron chi connectivity index (χ4n) is 5.39. The largest absolute Gasteiger partial charge is 0.416 e. The number of aliphatic hydroxyl groups excluding tert-OH is 1. The summed E-state index contributed by atoms with van der Waals surface area (Å²) in [7, 11) is 0. The normalized spacial score (nSPS) is 15.3. The number of amides is 2. The van der Waals surface area contributed by atoms with Crippen molar-refractivity contribution >= 4 is 11.8 Å². The van der Waals surface area contributed by atoms with Crippen LogP contribution in [0.1, 0.15) is 77.1 Å². The summed E-state index contributed by atoms with van der Waals surface area (Å²) in [4.78, 5) is 43.1. The van der Waals surface area contributed by atoms with Crippen LogP contribution in [0.15, 0.2) is 65.5 Å². The number of H-pyrrole nitrogens is 1. The second-order valence-electron chi connectivity index (χ2n) is 11.5. The van der Waals surface area contributed by atoms with Crippen LogP contribution < -0.4 is 16.2 Å². The zero-order valence-corrected chi connectivity index (χ0v) is 25.2. The Kier molecular flexibility index (Phi) is 10.8. The van der Waals surface area contributed by atoms with E-state index in [1.807, 2.05) is 32.0 Å². The molecule has 1 aliphatic carbocycles. The van der Waals surface area contributed by atoms with Crippen LogP contribution in [0.4, 0.5) is 17.6 Å². The molecule has 0 aliphatic heterocycles. The van der Waals surface area contributed by atoms with Gasteiger partial charge in [0.25, 0.3) is 11.8 Å². The van der Waals surface area contributed by atoms with Gasteiger partial charge in [-0.05, 0) is 67.5 Å². The van der Waals surface area contributed by atoms with Crippen molar-refractivity contribution in [3.8, 4) is 0 Å². The minimum atomic E-state index is -4.72. The van der Waals surface area contributed by atoms with Crippen LogP contribution in [0.3, 0.4) is 0 Å². The number of hydrogen-bond donors (Lipinski definition) is 4. The van der Waals surface area contributed by atoms with E-state index in [1.54, 1.807) is 17.0 Å². The van der Waals surface area contributed by atoms with Crippen LogP contribution in [-0.2, 0) is 18.1 Å². The first-order valence-electron chi connectivity index (χ1n) is 15.0. The summed E-state index contributed by atoms with van der Waals surface area (Å²) in [5, 5.41) is 17.1. The highest BCUT2D eigenvalue weighted by Crippen LogP contribution is 2.47. The van der Waals surface area contributed by atoms with Gasteiger partial charge in [-0.15, -0.1) is 0 Å². The van der Waals surface area contributed by atoms with Crippen LogP contribution in [0.2, 0.25) is 0 Å². The molecule has 2 aromatic carbocycles. The molecule has 1 fully saturated rings. The third kappa shape index (κ3) is 8.79. The molecule has 0 spiro atoms. The number of hydrogen-bond acceptors (Lipinski definition) is 5. The molecule has 8 nitrogen and oxygen atoms in total. The molecule has 4 rings (SSSR count). The molecule has 1 heterocycles. The summed E-state index contributed by atoms with van der Waals surface area (Å²) < 4.78 is 54.2. The van der Waals surface area contributed by atoms with Crippen LogP contribution in [0.5, 0.6) is 0 Å². The molecule has 4 N–H and O–H groups in total. The van der Waals surface area contributed by atoms with Crippen molar-refractivity contribution in [2.75, 3.05) is 19.6 Å². The maximum atomic E-state index is 14.1. The Bertz CT molecular complexity index is 1530. The molecule has 242 valence electrons. The number of aromatic nitrogens is 1. The molecule has 0 saturated heterocycles. The number of alkyl halides is 3. The molecule has 0 radical (unpaired) electrons.